The van der Waals surface area contributed by atoms with Gasteiger partial charge in [-0.15, -0.1) is 0 Å². The number of alkyl halides is 2. The molecule has 1 aliphatic carbocycles. The fourth-order valence-corrected chi connectivity index (χ4v) is 3.03. The molecule has 0 bridgehead atoms. The number of carbonyl (C=O) groups is 1. The Balaban J connectivity index is 1.75. The van der Waals surface area contributed by atoms with E-state index in [1.54, 1.807) is 29.2 Å². The smallest absolute Gasteiger partial charge is 0.288 e. The van der Waals surface area contributed by atoms with Crippen LogP contribution in [0.2, 0.25) is 0 Å². The molecule has 0 spiro atoms. The summed E-state index contributed by atoms with van der Waals surface area (Å²) >= 11 is 0.450. The van der Waals surface area contributed by atoms with Crippen molar-refractivity contribution in [2.45, 2.75) is 36.1 Å². The highest BCUT2D eigenvalue weighted by molar-refractivity contribution is 7.99. The summed E-state index contributed by atoms with van der Waals surface area (Å²) in [7, 11) is 0. The monoisotopic (exact) mass is 351 g/mol. The number of amides is 1. The summed E-state index contributed by atoms with van der Waals surface area (Å²) in [5.74, 6) is -2.97. The normalized spacial score (nSPS) is 14.0. The van der Waals surface area contributed by atoms with Crippen LogP contribution in [0.25, 0.3) is 0 Å². The average Bonchev–Trinajstić information content (AvgIpc) is 3.37. The van der Waals surface area contributed by atoms with Crippen molar-refractivity contribution < 1.29 is 18.0 Å². The Labute approximate surface area is 142 Å². The molecule has 2 aromatic carbocycles. The summed E-state index contributed by atoms with van der Waals surface area (Å²) in [5.41, 5.74) is 1.19. The first-order valence-electron chi connectivity index (χ1n) is 7.63. The molecular formula is C18H16F3NOS. The fraction of sp³-hybridized carbons (Fsp3) is 0.278. The lowest BCUT2D eigenvalue weighted by atomic mass is 10.1. The Morgan fingerprint density at radius 1 is 1.17 bits per heavy atom. The molecule has 0 atom stereocenters. The zero-order valence-corrected chi connectivity index (χ0v) is 13.6. The Kier molecular flexibility index (Phi) is 5.14. The summed E-state index contributed by atoms with van der Waals surface area (Å²) in [6.07, 6.45) is 1.86. The first-order chi connectivity index (χ1) is 11.5. The number of thioether (sulfide) groups is 1. The molecule has 3 rings (SSSR count). The molecule has 24 heavy (non-hydrogen) atoms. The maximum atomic E-state index is 13.3. The summed E-state index contributed by atoms with van der Waals surface area (Å²) in [4.78, 5) is 14.9. The van der Waals surface area contributed by atoms with Gasteiger partial charge in [0.15, 0.2) is 0 Å². The fourth-order valence-electron chi connectivity index (χ4n) is 2.53. The van der Waals surface area contributed by atoms with Crippen LogP contribution in [0.1, 0.15) is 28.8 Å². The number of hydrogen-bond acceptors (Lipinski definition) is 2. The van der Waals surface area contributed by atoms with E-state index in [1.807, 2.05) is 0 Å². The summed E-state index contributed by atoms with van der Waals surface area (Å²) < 4.78 is 38.0. The minimum absolute atomic E-state index is 0.157. The van der Waals surface area contributed by atoms with Gasteiger partial charge in [-0.1, -0.05) is 23.9 Å². The van der Waals surface area contributed by atoms with Crippen LogP contribution < -0.4 is 0 Å². The molecule has 2 aromatic rings. The van der Waals surface area contributed by atoms with Crippen molar-refractivity contribution in [3.05, 3.63) is 65.5 Å². The molecule has 6 heteroatoms. The van der Waals surface area contributed by atoms with E-state index in [0.717, 1.165) is 18.4 Å². The van der Waals surface area contributed by atoms with E-state index in [4.69, 9.17) is 0 Å². The lowest BCUT2D eigenvalue weighted by Gasteiger charge is -2.23. The van der Waals surface area contributed by atoms with Gasteiger partial charge < -0.3 is 4.90 Å². The average molecular weight is 351 g/mol. The molecule has 1 fully saturated rings. The van der Waals surface area contributed by atoms with Crippen LogP contribution in [0.15, 0.2) is 53.4 Å². The van der Waals surface area contributed by atoms with Crippen molar-refractivity contribution in [2.75, 3.05) is 0 Å². The highest BCUT2D eigenvalue weighted by Gasteiger charge is 2.33. The number of halogens is 3. The quantitative estimate of drug-likeness (QED) is 0.687. The molecule has 0 N–H and O–H groups in total. The van der Waals surface area contributed by atoms with E-state index in [2.05, 4.69) is 0 Å². The van der Waals surface area contributed by atoms with Crippen molar-refractivity contribution in [3.63, 3.8) is 0 Å². The third-order valence-electron chi connectivity index (χ3n) is 3.82. The standard InChI is InChI=1S/C18H16F3NOS/c19-14-3-1-2-12(10-14)11-22(15-6-7-15)17(23)13-4-8-16(9-5-13)24-18(20)21/h1-5,8-10,15,18H,6-7,11H2. The Morgan fingerprint density at radius 3 is 2.46 bits per heavy atom. The zero-order valence-electron chi connectivity index (χ0n) is 12.8. The Morgan fingerprint density at radius 2 is 1.88 bits per heavy atom. The first kappa shape index (κ1) is 16.9. The topological polar surface area (TPSA) is 20.3 Å². The van der Waals surface area contributed by atoms with Crippen molar-refractivity contribution in [1.29, 1.82) is 0 Å². The van der Waals surface area contributed by atoms with Gasteiger partial charge in [0.05, 0.1) is 0 Å². The van der Waals surface area contributed by atoms with Gasteiger partial charge in [0.2, 0.25) is 0 Å². The number of nitrogens with zero attached hydrogens (tertiary/aromatic N) is 1. The third kappa shape index (κ3) is 4.32. The largest absolute Gasteiger partial charge is 0.331 e. The molecule has 0 aliphatic heterocycles. The Hall–Kier alpha value is -1.95. The molecule has 1 amide bonds. The minimum atomic E-state index is -2.48. The summed E-state index contributed by atoms with van der Waals surface area (Å²) in [5, 5.41) is 0. The van der Waals surface area contributed by atoms with Crippen LogP contribution in [0, 0.1) is 5.82 Å². The van der Waals surface area contributed by atoms with Gasteiger partial charge in [-0.05, 0) is 54.8 Å². The van der Waals surface area contributed by atoms with Crippen LogP contribution in [0.4, 0.5) is 13.2 Å². The number of carbonyl (C=O) groups excluding carboxylic acids is 1. The SMILES string of the molecule is O=C(c1ccc(SC(F)F)cc1)N(Cc1cccc(F)c1)C1CC1. The van der Waals surface area contributed by atoms with Crippen LogP contribution in [-0.4, -0.2) is 22.6 Å². The second kappa shape index (κ2) is 7.30. The molecule has 0 radical (unpaired) electrons. The molecule has 126 valence electrons. The number of hydrogen-bond donors (Lipinski definition) is 0. The predicted octanol–water partition coefficient (Wildman–Crippen LogP) is 4.95. The van der Waals surface area contributed by atoms with Crippen LogP contribution in [0.3, 0.4) is 0 Å². The van der Waals surface area contributed by atoms with E-state index in [-0.39, 0.29) is 17.8 Å². The summed E-state index contributed by atoms with van der Waals surface area (Å²) in [6, 6.07) is 12.5. The minimum Gasteiger partial charge on any atom is -0.331 e. The van der Waals surface area contributed by atoms with Crippen LogP contribution in [-0.2, 0) is 6.54 Å². The predicted molar refractivity (Wildman–Crippen MR) is 87.6 cm³/mol. The van der Waals surface area contributed by atoms with Crippen LogP contribution in [0.5, 0.6) is 0 Å². The van der Waals surface area contributed by atoms with Gasteiger partial charge in [0, 0.05) is 23.0 Å². The molecule has 1 aliphatic rings. The number of benzene rings is 2. The van der Waals surface area contributed by atoms with E-state index in [1.165, 1.54) is 24.3 Å². The van der Waals surface area contributed by atoms with Gasteiger partial charge in [0.1, 0.15) is 5.82 Å². The van der Waals surface area contributed by atoms with E-state index >= 15 is 0 Å². The molecule has 0 heterocycles. The molecular weight excluding hydrogens is 335 g/mol. The maximum absolute atomic E-state index is 13.3. The summed E-state index contributed by atoms with van der Waals surface area (Å²) in [6.45, 7) is 0.342. The molecule has 0 unspecified atom stereocenters. The molecule has 1 saturated carbocycles. The first-order valence-corrected chi connectivity index (χ1v) is 8.51. The second-order valence-corrected chi connectivity index (χ2v) is 6.76. The zero-order chi connectivity index (χ0) is 17.1. The van der Waals surface area contributed by atoms with E-state index in [9.17, 15) is 18.0 Å². The van der Waals surface area contributed by atoms with Gasteiger partial charge in [0.25, 0.3) is 11.7 Å². The van der Waals surface area contributed by atoms with Crippen molar-refractivity contribution in [1.82, 2.24) is 4.90 Å². The van der Waals surface area contributed by atoms with Gasteiger partial charge in [-0.2, -0.15) is 8.78 Å². The Bertz CT molecular complexity index is 716. The van der Waals surface area contributed by atoms with Gasteiger partial charge in [-0.25, -0.2) is 4.39 Å². The lowest BCUT2D eigenvalue weighted by Crippen LogP contribution is -2.32. The number of rotatable bonds is 6. The van der Waals surface area contributed by atoms with Crippen molar-refractivity contribution in [2.24, 2.45) is 0 Å². The molecule has 2 nitrogen and oxygen atoms in total. The third-order valence-corrected chi connectivity index (χ3v) is 4.54. The molecule has 0 saturated heterocycles. The highest BCUT2D eigenvalue weighted by Crippen LogP contribution is 2.31. The van der Waals surface area contributed by atoms with Crippen molar-refractivity contribution >= 4 is 17.7 Å². The maximum Gasteiger partial charge on any atom is 0.288 e. The van der Waals surface area contributed by atoms with Gasteiger partial charge in [-0.3, -0.25) is 4.79 Å². The molecule has 0 aromatic heterocycles. The lowest BCUT2D eigenvalue weighted by molar-refractivity contribution is 0.0729. The van der Waals surface area contributed by atoms with Crippen molar-refractivity contribution in [3.8, 4) is 0 Å². The van der Waals surface area contributed by atoms with Gasteiger partial charge >= 0.3 is 0 Å². The second-order valence-electron chi connectivity index (χ2n) is 5.70. The van der Waals surface area contributed by atoms with Crippen LogP contribution >= 0.6 is 11.8 Å². The van der Waals surface area contributed by atoms with E-state index < -0.39 is 5.76 Å². The highest BCUT2D eigenvalue weighted by atomic mass is 32.2. The van der Waals surface area contributed by atoms with E-state index in [0.29, 0.717) is 28.8 Å².